The molecule has 0 saturated carbocycles. The number of aliphatic hydroxyl groups is 1. The second-order valence-corrected chi connectivity index (χ2v) is 8.19. The second-order valence-electron chi connectivity index (χ2n) is 8.19. The van der Waals surface area contributed by atoms with Crippen molar-refractivity contribution in [3.8, 4) is 0 Å². The Labute approximate surface area is 178 Å². The van der Waals surface area contributed by atoms with Gasteiger partial charge >= 0.3 is 6.18 Å². The average molecular weight is 430 g/mol. The largest absolute Gasteiger partial charge is 0.416 e. The number of alkyl halides is 3. The fourth-order valence-electron chi connectivity index (χ4n) is 4.51. The zero-order valence-corrected chi connectivity index (χ0v) is 16.9. The molecule has 0 amide bonds. The van der Waals surface area contributed by atoms with Crippen LogP contribution in [-0.4, -0.2) is 27.3 Å². The lowest BCUT2D eigenvalue weighted by atomic mass is 9.74. The number of halogens is 3. The fraction of sp³-hybridized carbons (Fsp3) is 0.348. The first-order valence-corrected chi connectivity index (χ1v) is 10.2. The van der Waals surface area contributed by atoms with Crippen molar-refractivity contribution in [1.29, 1.82) is 0 Å². The van der Waals surface area contributed by atoms with E-state index in [9.17, 15) is 18.3 Å². The summed E-state index contributed by atoms with van der Waals surface area (Å²) >= 11 is 0. The van der Waals surface area contributed by atoms with Crippen molar-refractivity contribution in [1.82, 2.24) is 9.55 Å². The van der Waals surface area contributed by atoms with Gasteiger partial charge in [0.1, 0.15) is 0 Å². The standard InChI is InChI=1S/C23H25F3N4O/c24-23(25,26)17-7-5-15(6-8-17)11-22(10-9-16-3-1-2-4-19(16)22)20-13-30(21(28)29-20)12-18(27)14-31/h1-8,13,18,31H,9-12,14,27H2,(H2,28,29). The molecule has 0 bridgehead atoms. The molecule has 0 fully saturated rings. The van der Waals surface area contributed by atoms with E-state index in [4.69, 9.17) is 11.5 Å². The molecular weight excluding hydrogens is 405 g/mol. The molecule has 2 atom stereocenters. The molecule has 1 aromatic heterocycles. The molecule has 2 aromatic carbocycles. The molecule has 0 radical (unpaired) electrons. The molecule has 1 aliphatic rings. The summed E-state index contributed by atoms with van der Waals surface area (Å²) in [6, 6.07) is 12.9. The van der Waals surface area contributed by atoms with Crippen LogP contribution in [0.15, 0.2) is 54.7 Å². The quantitative estimate of drug-likeness (QED) is 0.560. The summed E-state index contributed by atoms with van der Waals surface area (Å²) in [4.78, 5) is 4.63. The molecule has 1 aliphatic carbocycles. The van der Waals surface area contributed by atoms with E-state index in [-0.39, 0.29) is 6.61 Å². The molecule has 3 aromatic rings. The maximum absolute atomic E-state index is 13.0. The highest BCUT2D eigenvalue weighted by Gasteiger charge is 2.42. The van der Waals surface area contributed by atoms with Gasteiger partial charge in [0.15, 0.2) is 5.95 Å². The first-order chi connectivity index (χ1) is 14.7. The van der Waals surface area contributed by atoms with Crippen LogP contribution in [-0.2, 0) is 31.0 Å². The number of aryl methyl sites for hydroxylation is 1. The monoisotopic (exact) mass is 430 g/mol. The summed E-state index contributed by atoms with van der Waals surface area (Å²) in [7, 11) is 0. The molecule has 164 valence electrons. The van der Waals surface area contributed by atoms with Crippen LogP contribution in [0.5, 0.6) is 0 Å². The fourth-order valence-corrected chi connectivity index (χ4v) is 4.51. The van der Waals surface area contributed by atoms with Crippen LogP contribution in [0.1, 0.15) is 34.4 Å². The van der Waals surface area contributed by atoms with Gasteiger partial charge in [0.05, 0.1) is 17.9 Å². The Morgan fingerprint density at radius 2 is 1.84 bits per heavy atom. The van der Waals surface area contributed by atoms with E-state index in [0.717, 1.165) is 41.8 Å². The van der Waals surface area contributed by atoms with Crippen molar-refractivity contribution >= 4 is 5.95 Å². The van der Waals surface area contributed by atoms with Gasteiger partial charge in [-0.25, -0.2) is 4.98 Å². The van der Waals surface area contributed by atoms with Crippen molar-refractivity contribution in [2.75, 3.05) is 12.3 Å². The van der Waals surface area contributed by atoms with Gasteiger partial charge in [0, 0.05) is 24.2 Å². The number of benzene rings is 2. The van der Waals surface area contributed by atoms with Gasteiger partial charge in [0.25, 0.3) is 0 Å². The maximum atomic E-state index is 13.0. The molecule has 1 heterocycles. The van der Waals surface area contributed by atoms with Crippen LogP contribution >= 0.6 is 0 Å². The minimum absolute atomic E-state index is 0.174. The van der Waals surface area contributed by atoms with E-state index in [1.54, 1.807) is 4.57 Å². The molecule has 31 heavy (non-hydrogen) atoms. The van der Waals surface area contributed by atoms with Crippen molar-refractivity contribution in [2.24, 2.45) is 5.73 Å². The minimum Gasteiger partial charge on any atom is -0.395 e. The highest BCUT2D eigenvalue weighted by atomic mass is 19.4. The van der Waals surface area contributed by atoms with E-state index >= 15 is 0 Å². The number of hydrogen-bond donors (Lipinski definition) is 3. The molecular formula is C23H25F3N4O. The third-order valence-electron chi connectivity index (χ3n) is 6.10. The number of aromatic nitrogens is 2. The van der Waals surface area contributed by atoms with Crippen LogP contribution in [0.25, 0.3) is 0 Å². The molecule has 0 saturated heterocycles. The van der Waals surface area contributed by atoms with Gasteiger partial charge in [-0.05, 0) is 48.1 Å². The summed E-state index contributed by atoms with van der Waals surface area (Å²) in [5.41, 5.74) is 14.7. The number of aliphatic hydroxyl groups excluding tert-OH is 1. The predicted molar refractivity (Wildman–Crippen MR) is 112 cm³/mol. The van der Waals surface area contributed by atoms with Crippen LogP contribution < -0.4 is 11.5 Å². The van der Waals surface area contributed by atoms with Crippen molar-refractivity contribution < 1.29 is 18.3 Å². The third-order valence-corrected chi connectivity index (χ3v) is 6.10. The Morgan fingerprint density at radius 1 is 1.13 bits per heavy atom. The zero-order chi connectivity index (χ0) is 22.2. The summed E-state index contributed by atoms with van der Waals surface area (Å²) in [5.74, 6) is 0.301. The first-order valence-electron chi connectivity index (χ1n) is 10.2. The van der Waals surface area contributed by atoms with E-state index in [2.05, 4.69) is 17.1 Å². The van der Waals surface area contributed by atoms with E-state index in [1.807, 2.05) is 18.3 Å². The molecule has 5 nitrogen and oxygen atoms in total. The summed E-state index contributed by atoms with van der Waals surface area (Å²) in [6.45, 7) is 0.153. The molecule has 4 rings (SSSR count). The van der Waals surface area contributed by atoms with E-state index in [0.29, 0.717) is 18.9 Å². The van der Waals surface area contributed by atoms with Gasteiger partial charge < -0.3 is 21.1 Å². The van der Waals surface area contributed by atoms with Crippen LogP contribution in [0.2, 0.25) is 0 Å². The highest BCUT2D eigenvalue weighted by molar-refractivity contribution is 5.48. The minimum atomic E-state index is -4.37. The SMILES string of the molecule is Nc1nc(C2(Cc3ccc(C(F)(F)F)cc3)CCc3ccccc32)cn1CC(N)CO. The van der Waals surface area contributed by atoms with Gasteiger partial charge in [0.2, 0.25) is 0 Å². The summed E-state index contributed by atoms with van der Waals surface area (Å²) < 4.78 is 40.7. The number of fused-ring (bicyclic) bond motifs is 1. The number of nitrogens with two attached hydrogens (primary N) is 2. The summed E-state index contributed by atoms with van der Waals surface area (Å²) in [5, 5.41) is 9.28. The Bertz CT molecular complexity index is 1060. The Morgan fingerprint density at radius 3 is 2.52 bits per heavy atom. The number of nitrogen functional groups attached to an aromatic ring is 1. The highest BCUT2D eigenvalue weighted by Crippen LogP contribution is 2.46. The second kappa shape index (κ2) is 8.01. The van der Waals surface area contributed by atoms with Crippen LogP contribution in [0, 0.1) is 0 Å². The van der Waals surface area contributed by atoms with Crippen LogP contribution in [0.4, 0.5) is 19.1 Å². The van der Waals surface area contributed by atoms with Gasteiger partial charge in [-0.3, -0.25) is 0 Å². The number of rotatable bonds is 6. The van der Waals surface area contributed by atoms with Gasteiger partial charge in [-0.1, -0.05) is 36.4 Å². The van der Waals surface area contributed by atoms with Crippen molar-refractivity contribution in [3.05, 3.63) is 82.7 Å². The molecule has 0 spiro atoms. The lowest BCUT2D eigenvalue weighted by Crippen LogP contribution is -2.30. The lowest BCUT2D eigenvalue weighted by Gasteiger charge is -2.29. The van der Waals surface area contributed by atoms with Gasteiger partial charge in [-0.2, -0.15) is 13.2 Å². The summed E-state index contributed by atoms with van der Waals surface area (Å²) in [6.07, 6.45) is -0.383. The normalized spacial score (nSPS) is 19.4. The van der Waals surface area contributed by atoms with Crippen molar-refractivity contribution in [3.63, 3.8) is 0 Å². The number of nitrogens with zero attached hydrogens (tertiary/aromatic N) is 2. The zero-order valence-electron chi connectivity index (χ0n) is 16.9. The smallest absolute Gasteiger partial charge is 0.395 e. The van der Waals surface area contributed by atoms with Gasteiger partial charge in [-0.15, -0.1) is 0 Å². The topological polar surface area (TPSA) is 90.1 Å². The van der Waals surface area contributed by atoms with Crippen molar-refractivity contribution in [2.45, 2.75) is 43.4 Å². The molecule has 8 heteroatoms. The average Bonchev–Trinajstić information content (AvgIpc) is 3.29. The number of imidazole rings is 1. The lowest BCUT2D eigenvalue weighted by molar-refractivity contribution is -0.137. The van der Waals surface area contributed by atoms with E-state index < -0.39 is 23.2 Å². The maximum Gasteiger partial charge on any atom is 0.416 e. The first kappa shape index (κ1) is 21.4. The number of anilines is 1. The molecule has 5 N–H and O–H groups in total. The third kappa shape index (κ3) is 4.05. The Kier molecular flexibility index (Phi) is 5.53. The molecule has 2 unspecified atom stereocenters. The van der Waals surface area contributed by atoms with Crippen LogP contribution in [0.3, 0.4) is 0 Å². The number of hydrogen-bond acceptors (Lipinski definition) is 4. The van der Waals surface area contributed by atoms with E-state index in [1.165, 1.54) is 17.7 Å². The molecule has 0 aliphatic heterocycles. The Balaban J connectivity index is 1.75. The Hall–Kier alpha value is -2.84. The predicted octanol–water partition coefficient (Wildman–Crippen LogP) is 3.28.